The van der Waals surface area contributed by atoms with Crippen molar-refractivity contribution in [3.05, 3.63) is 23.9 Å². The minimum absolute atomic E-state index is 0. The van der Waals surface area contributed by atoms with Gasteiger partial charge in [-0.25, -0.2) is 9.98 Å². The van der Waals surface area contributed by atoms with Gasteiger partial charge in [0.1, 0.15) is 0 Å². The predicted molar refractivity (Wildman–Crippen MR) is 84.4 cm³/mol. The summed E-state index contributed by atoms with van der Waals surface area (Å²) in [6, 6.07) is 3.73. The fourth-order valence-corrected chi connectivity index (χ4v) is 1.17. The highest BCUT2D eigenvalue weighted by Crippen LogP contribution is 2.07. The summed E-state index contributed by atoms with van der Waals surface area (Å²) in [5.74, 6) is 1.62. The Morgan fingerprint density at radius 1 is 1.50 bits per heavy atom. The molecule has 102 valence electrons. The zero-order valence-corrected chi connectivity index (χ0v) is 13.3. The molecule has 1 rings (SSSR count). The van der Waals surface area contributed by atoms with E-state index in [1.54, 1.807) is 13.3 Å². The second-order valence-corrected chi connectivity index (χ2v) is 4.19. The van der Waals surface area contributed by atoms with E-state index in [-0.39, 0.29) is 24.0 Å². The van der Waals surface area contributed by atoms with Crippen LogP contribution in [0.5, 0.6) is 5.88 Å². The van der Waals surface area contributed by atoms with E-state index in [0.29, 0.717) is 24.3 Å². The van der Waals surface area contributed by atoms with Crippen LogP contribution in [0.4, 0.5) is 0 Å². The van der Waals surface area contributed by atoms with Crippen molar-refractivity contribution in [2.75, 3.05) is 13.7 Å². The second kappa shape index (κ2) is 8.96. The number of halogens is 1. The van der Waals surface area contributed by atoms with E-state index in [2.05, 4.69) is 29.1 Å². The fraction of sp³-hybridized carbons (Fsp3) is 0.500. The maximum Gasteiger partial charge on any atom is 0.212 e. The first-order valence-electron chi connectivity index (χ1n) is 5.64. The maximum absolute atomic E-state index is 5.72. The first kappa shape index (κ1) is 16.9. The van der Waals surface area contributed by atoms with E-state index in [9.17, 15) is 0 Å². The molecule has 1 aromatic heterocycles. The number of nitrogens with two attached hydrogens (primary N) is 1. The van der Waals surface area contributed by atoms with Crippen molar-refractivity contribution in [2.45, 2.75) is 20.4 Å². The first-order chi connectivity index (χ1) is 8.11. The molecule has 0 saturated carbocycles. The summed E-state index contributed by atoms with van der Waals surface area (Å²) < 4.78 is 4.98. The molecule has 18 heavy (non-hydrogen) atoms. The minimum Gasteiger partial charge on any atom is -0.481 e. The Morgan fingerprint density at radius 3 is 2.72 bits per heavy atom. The molecule has 0 spiro atoms. The fourth-order valence-electron chi connectivity index (χ4n) is 1.17. The number of rotatable bonds is 5. The molecule has 0 fully saturated rings. The summed E-state index contributed by atoms with van der Waals surface area (Å²) in [5.41, 5.74) is 6.72. The number of nitrogens with one attached hydrogen (secondary N) is 1. The Hall–Kier alpha value is -1.05. The molecular formula is C12H21IN4O. The van der Waals surface area contributed by atoms with Crippen LogP contribution in [0.1, 0.15) is 19.4 Å². The van der Waals surface area contributed by atoms with Crippen LogP contribution in [0.25, 0.3) is 0 Å². The molecule has 1 heterocycles. The molecule has 0 aliphatic rings. The van der Waals surface area contributed by atoms with Crippen LogP contribution in [-0.4, -0.2) is 24.6 Å². The smallest absolute Gasteiger partial charge is 0.212 e. The highest BCUT2D eigenvalue weighted by atomic mass is 127. The van der Waals surface area contributed by atoms with Crippen LogP contribution in [0.3, 0.4) is 0 Å². The molecule has 0 amide bonds. The molecule has 0 aromatic carbocycles. The molecule has 0 aliphatic heterocycles. The van der Waals surface area contributed by atoms with Crippen LogP contribution in [-0.2, 0) is 6.54 Å². The zero-order valence-electron chi connectivity index (χ0n) is 11.0. The molecule has 0 saturated heterocycles. The quantitative estimate of drug-likeness (QED) is 0.475. The predicted octanol–water partition coefficient (Wildman–Crippen LogP) is 1.77. The lowest BCUT2D eigenvalue weighted by Gasteiger charge is -2.07. The number of nitrogens with zero attached hydrogens (tertiary/aromatic N) is 2. The molecular weight excluding hydrogens is 343 g/mol. The van der Waals surface area contributed by atoms with Crippen LogP contribution in [0.15, 0.2) is 23.3 Å². The molecule has 0 bridgehead atoms. The van der Waals surface area contributed by atoms with Gasteiger partial charge in [0.15, 0.2) is 5.96 Å². The van der Waals surface area contributed by atoms with Gasteiger partial charge >= 0.3 is 0 Å². The van der Waals surface area contributed by atoms with Gasteiger partial charge in [-0.2, -0.15) is 0 Å². The number of pyridine rings is 1. The molecule has 6 heteroatoms. The first-order valence-corrected chi connectivity index (χ1v) is 5.64. The maximum atomic E-state index is 5.72. The molecule has 1 aromatic rings. The highest BCUT2D eigenvalue weighted by molar-refractivity contribution is 14.0. The average Bonchev–Trinajstić information content (AvgIpc) is 2.34. The number of hydrogen-bond acceptors (Lipinski definition) is 3. The van der Waals surface area contributed by atoms with E-state index >= 15 is 0 Å². The summed E-state index contributed by atoms with van der Waals surface area (Å²) >= 11 is 0. The molecule has 0 atom stereocenters. The normalized spacial score (nSPS) is 11.0. The Morgan fingerprint density at radius 2 is 2.22 bits per heavy atom. The third kappa shape index (κ3) is 6.63. The summed E-state index contributed by atoms with van der Waals surface area (Å²) in [4.78, 5) is 8.32. The van der Waals surface area contributed by atoms with Crippen molar-refractivity contribution in [1.29, 1.82) is 0 Å². The van der Waals surface area contributed by atoms with Gasteiger partial charge in [-0.1, -0.05) is 19.9 Å². The average molecular weight is 364 g/mol. The molecule has 0 radical (unpaired) electrons. The Balaban J connectivity index is 0.00000289. The molecule has 0 aliphatic carbocycles. The number of ether oxygens (including phenoxy) is 1. The number of guanidine groups is 1. The van der Waals surface area contributed by atoms with Crippen molar-refractivity contribution in [3.63, 3.8) is 0 Å². The molecule has 0 unspecified atom stereocenters. The van der Waals surface area contributed by atoms with Gasteiger partial charge in [-0.05, 0) is 11.5 Å². The Labute approximate surface area is 125 Å². The third-order valence-corrected chi connectivity index (χ3v) is 2.13. The van der Waals surface area contributed by atoms with Gasteiger partial charge in [0.25, 0.3) is 0 Å². The Bertz CT molecular complexity index is 365. The van der Waals surface area contributed by atoms with E-state index in [0.717, 1.165) is 12.1 Å². The van der Waals surface area contributed by atoms with Crippen LogP contribution in [0.2, 0.25) is 0 Å². The van der Waals surface area contributed by atoms with Crippen molar-refractivity contribution in [2.24, 2.45) is 16.6 Å². The van der Waals surface area contributed by atoms with E-state index in [4.69, 9.17) is 10.5 Å². The molecule has 3 N–H and O–H groups in total. The number of hydrogen-bond donors (Lipinski definition) is 2. The van der Waals surface area contributed by atoms with Crippen LogP contribution >= 0.6 is 24.0 Å². The van der Waals surface area contributed by atoms with Crippen LogP contribution < -0.4 is 15.8 Å². The zero-order chi connectivity index (χ0) is 12.7. The number of aliphatic imine (C=N–C) groups is 1. The lowest BCUT2D eigenvalue weighted by Crippen LogP contribution is -2.34. The SMILES string of the molecule is COc1ccc(CN=C(N)NCC(C)C)cn1.I. The summed E-state index contributed by atoms with van der Waals surface area (Å²) in [6.45, 7) is 5.59. The monoisotopic (exact) mass is 364 g/mol. The van der Waals surface area contributed by atoms with E-state index < -0.39 is 0 Å². The highest BCUT2D eigenvalue weighted by Gasteiger charge is 1.97. The summed E-state index contributed by atoms with van der Waals surface area (Å²) in [6.07, 6.45) is 1.73. The van der Waals surface area contributed by atoms with Gasteiger partial charge in [-0.3, -0.25) is 0 Å². The van der Waals surface area contributed by atoms with Crippen molar-refractivity contribution >= 4 is 29.9 Å². The summed E-state index contributed by atoms with van der Waals surface area (Å²) in [5, 5.41) is 3.06. The topological polar surface area (TPSA) is 72.5 Å². The van der Waals surface area contributed by atoms with Gasteiger partial charge < -0.3 is 15.8 Å². The van der Waals surface area contributed by atoms with Gasteiger partial charge in [0, 0.05) is 18.8 Å². The third-order valence-electron chi connectivity index (χ3n) is 2.13. The van der Waals surface area contributed by atoms with Crippen LogP contribution in [0, 0.1) is 5.92 Å². The largest absolute Gasteiger partial charge is 0.481 e. The minimum atomic E-state index is 0. The van der Waals surface area contributed by atoms with Gasteiger partial charge in [0.2, 0.25) is 5.88 Å². The Kier molecular flexibility index (Phi) is 8.43. The van der Waals surface area contributed by atoms with E-state index in [1.165, 1.54) is 0 Å². The number of aromatic nitrogens is 1. The van der Waals surface area contributed by atoms with Crippen molar-refractivity contribution < 1.29 is 4.74 Å². The van der Waals surface area contributed by atoms with Gasteiger partial charge in [-0.15, -0.1) is 24.0 Å². The standard InChI is InChI=1S/C12H20N4O.HI/c1-9(2)6-15-12(13)16-8-10-4-5-11(17-3)14-7-10;/h4-5,7,9H,6,8H2,1-3H3,(H3,13,15,16);1H. The van der Waals surface area contributed by atoms with Gasteiger partial charge in [0.05, 0.1) is 13.7 Å². The summed E-state index contributed by atoms with van der Waals surface area (Å²) in [7, 11) is 1.59. The van der Waals surface area contributed by atoms with Crippen molar-refractivity contribution in [3.8, 4) is 5.88 Å². The lowest BCUT2D eigenvalue weighted by atomic mass is 10.2. The number of methoxy groups -OCH3 is 1. The van der Waals surface area contributed by atoms with E-state index in [1.807, 2.05) is 12.1 Å². The lowest BCUT2D eigenvalue weighted by molar-refractivity contribution is 0.397. The second-order valence-electron chi connectivity index (χ2n) is 4.19. The molecule has 5 nitrogen and oxygen atoms in total. The van der Waals surface area contributed by atoms with Crippen molar-refractivity contribution in [1.82, 2.24) is 10.3 Å².